The molecule has 7 heteroatoms. The van der Waals surface area contributed by atoms with Gasteiger partial charge in [-0.15, -0.1) is 0 Å². The second-order valence-electron chi connectivity index (χ2n) is 2.58. The van der Waals surface area contributed by atoms with E-state index in [1.54, 1.807) is 0 Å². The Balaban J connectivity index is 0.00000121. The number of aromatic hydroxyl groups is 1. The van der Waals surface area contributed by atoms with Gasteiger partial charge in [0.2, 0.25) is 0 Å². The van der Waals surface area contributed by atoms with Gasteiger partial charge in [-0.3, -0.25) is 10.1 Å². The SMILES string of the molecule is CC.COC(=O)c1cc(O)c(Cl)c([N+](=O)[O-])c1. The van der Waals surface area contributed by atoms with Crippen LogP contribution in [0.4, 0.5) is 5.69 Å². The lowest BCUT2D eigenvalue weighted by Gasteiger charge is -2.02. The number of phenols is 1. The minimum absolute atomic E-state index is 0.133. The van der Waals surface area contributed by atoms with Crippen LogP contribution < -0.4 is 0 Å². The second-order valence-corrected chi connectivity index (χ2v) is 2.96. The Morgan fingerprint density at radius 3 is 2.41 bits per heavy atom. The van der Waals surface area contributed by atoms with E-state index in [4.69, 9.17) is 11.6 Å². The van der Waals surface area contributed by atoms with Crippen molar-refractivity contribution in [2.45, 2.75) is 13.8 Å². The van der Waals surface area contributed by atoms with E-state index in [0.717, 1.165) is 19.2 Å². The number of nitrogens with zero attached hydrogens (tertiary/aromatic N) is 1. The van der Waals surface area contributed by atoms with Gasteiger partial charge >= 0.3 is 5.97 Å². The van der Waals surface area contributed by atoms with Gasteiger partial charge in [0.25, 0.3) is 5.69 Å². The van der Waals surface area contributed by atoms with E-state index in [2.05, 4.69) is 4.74 Å². The molecule has 1 aromatic carbocycles. The molecule has 1 aromatic rings. The van der Waals surface area contributed by atoms with Crippen molar-refractivity contribution in [1.29, 1.82) is 0 Å². The molecule has 0 heterocycles. The van der Waals surface area contributed by atoms with E-state index in [1.807, 2.05) is 13.8 Å². The fraction of sp³-hybridized carbons (Fsp3) is 0.300. The quantitative estimate of drug-likeness (QED) is 0.502. The molecule has 6 nitrogen and oxygen atoms in total. The van der Waals surface area contributed by atoms with Crippen LogP contribution in [0.1, 0.15) is 24.2 Å². The topological polar surface area (TPSA) is 89.7 Å². The summed E-state index contributed by atoms with van der Waals surface area (Å²) >= 11 is 5.46. The number of methoxy groups -OCH3 is 1. The normalized spacial score (nSPS) is 8.94. The number of carbonyl (C=O) groups is 1. The Morgan fingerprint density at radius 2 is 2.00 bits per heavy atom. The number of halogens is 1. The number of phenolic OH excluding ortho intramolecular Hbond substituents is 1. The third-order valence-electron chi connectivity index (χ3n) is 1.65. The fourth-order valence-electron chi connectivity index (χ4n) is 0.963. The first kappa shape index (κ1) is 15.2. The zero-order valence-corrected chi connectivity index (χ0v) is 10.3. The monoisotopic (exact) mass is 261 g/mol. The minimum atomic E-state index is -0.797. The summed E-state index contributed by atoms with van der Waals surface area (Å²) in [5, 5.41) is 19.3. The van der Waals surface area contributed by atoms with Crippen molar-refractivity contribution in [2.24, 2.45) is 0 Å². The summed E-state index contributed by atoms with van der Waals surface area (Å²) in [6.45, 7) is 4.00. The Labute approximate surface area is 103 Å². The average Bonchev–Trinajstić information content (AvgIpc) is 2.33. The van der Waals surface area contributed by atoms with Crippen LogP contribution in [0.25, 0.3) is 0 Å². The fourth-order valence-corrected chi connectivity index (χ4v) is 1.14. The summed E-state index contributed by atoms with van der Waals surface area (Å²) < 4.78 is 4.35. The molecule has 0 aliphatic carbocycles. The Hall–Kier alpha value is -1.82. The molecule has 1 N–H and O–H groups in total. The first-order valence-electron chi connectivity index (χ1n) is 4.72. The number of carbonyl (C=O) groups excluding carboxylic acids is 1. The van der Waals surface area contributed by atoms with E-state index in [9.17, 15) is 20.0 Å². The molecule has 0 spiro atoms. The van der Waals surface area contributed by atoms with Crippen LogP contribution in [-0.2, 0) is 4.74 Å². The molecule has 0 saturated heterocycles. The summed E-state index contributed by atoms with van der Waals surface area (Å²) in [5.41, 5.74) is -0.678. The molecular formula is C10H12ClNO5. The van der Waals surface area contributed by atoms with Crippen LogP contribution in [0.15, 0.2) is 12.1 Å². The molecule has 17 heavy (non-hydrogen) atoms. The highest BCUT2D eigenvalue weighted by Gasteiger charge is 2.20. The number of ether oxygens (including phenoxy) is 1. The first-order valence-corrected chi connectivity index (χ1v) is 5.10. The van der Waals surface area contributed by atoms with Crippen molar-refractivity contribution in [3.63, 3.8) is 0 Å². The number of rotatable bonds is 2. The van der Waals surface area contributed by atoms with Gasteiger partial charge in [-0.05, 0) is 6.07 Å². The molecule has 0 bridgehead atoms. The van der Waals surface area contributed by atoms with Crippen LogP contribution in [0.3, 0.4) is 0 Å². The number of hydrogen-bond donors (Lipinski definition) is 1. The average molecular weight is 262 g/mol. The lowest BCUT2D eigenvalue weighted by atomic mass is 10.2. The van der Waals surface area contributed by atoms with Gasteiger partial charge in [0.05, 0.1) is 17.6 Å². The molecule has 0 amide bonds. The molecule has 0 unspecified atom stereocenters. The van der Waals surface area contributed by atoms with E-state index in [0.29, 0.717) is 0 Å². The maximum Gasteiger partial charge on any atom is 0.338 e. The summed E-state index contributed by atoms with van der Waals surface area (Å²) in [4.78, 5) is 20.8. The van der Waals surface area contributed by atoms with Gasteiger partial charge < -0.3 is 9.84 Å². The zero-order valence-electron chi connectivity index (χ0n) is 9.56. The lowest BCUT2D eigenvalue weighted by molar-refractivity contribution is -0.384. The maximum absolute atomic E-state index is 11.1. The van der Waals surface area contributed by atoms with Crippen molar-refractivity contribution in [2.75, 3.05) is 7.11 Å². The molecule has 94 valence electrons. The van der Waals surface area contributed by atoms with Crippen LogP contribution in [0.2, 0.25) is 5.02 Å². The summed E-state index contributed by atoms with van der Waals surface area (Å²) in [7, 11) is 1.12. The smallest absolute Gasteiger partial charge is 0.338 e. The van der Waals surface area contributed by atoms with Crippen molar-refractivity contribution >= 4 is 23.3 Å². The predicted molar refractivity (Wildman–Crippen MR) is 62.5 cm³/mol. The van der Waals surface area contributed by atoms with E-state index in [-0.39, 0.29) is 5.56 Å². The second kappa shape index (κ2) is 6.70. The summed E-state index contributed by atoms with van der Waals surface area (Å²) in [5.74, 6) is -1.32. The Kier molecular flexibility index (Phi) is 5.98. The van der Waals surface area contributed by atoms with Crippen molar-refractivity contribution < 1.29 is 19.6 Å². The molecule has 0 saturated carbocycles. The standard InChI is InChI=1S/C8H6ClNO5.C2H6/c1-15-8(12)4-2-5(10(13)14)7(9)6(11)3-4;1-2/h2-3,11H,1H3;1-2H3. The lowest BCUT2D eigenvalue weighted by Crippen LogP contribution is -2.02. The first-order chi connectivity index (χ1) is 7.97. The number of nitro groups is 1. The van der Waals surface area contributed by atoms with Gasteiger partial charge in [0.15, 0.2) is 5.02 Å². The minimum Gasteiger partial charge on any atom is -0.506 e. The molecule has 0 fully saturated rings. The van der Waals surface area contributed by atoms with Crippen LogP contribution in [-0.4, -0.2) is 23.1 Å². The molecule has 0 aromatic heterocycles. The zero-order chi connectivity index (χ0) is 13.6. The van der Waals surface area contributed by atoms with Crippen LogP contribution in [0.5, 0.6) is 5.75 Å². The van der Waals surface area contributed by atoms with Gasteiger partial charge in [0, 0.05) is 6.07 Å². The van der Waals surface area contributed by atoms with Gasteiger partial charge in [-0.1, -0.05) is 25.4 Å². The van der Waals surface area contributed by atoms with Gasteiger partial charge in [0.1, 0.15) is 5.75 Å². The molecule has 0 atom stereocenters. The third-order valence-corrected chi connectivity index (χ3v) is 2.04. The molecule has 0 radical (unpaired) electrons. The predicted octanol–water partition coefficient (Wildman–Crippen LogP) is 2.77. The number of nitro benzene ring substituents is 1. The highest BCUT2D eigenvalue weighted by Crippen LogP contribution is 2.34. The largest absolute Gasteiger partial charge is 0.506 e. The summed E-state index contributed by atoms with van der Waals surface area (Å²) in [6, 6.07) is 1.94. The van der Waals surface area contributed by atoms with E-state index >= 15 is 0 Å². The maximum atomic E-state index is 11.1. The summed E-state index contributed by atoms with van der Waals surface area (Å²) in [6.07, 6.45) is 0. The van der Waals surface area contributed by atoms with Crippen LogP contribution >= 0.6 is 11.6 Å². The van der Waals surface area contributed by atoms with E-state index < -0.39 is 27.4 Å². The third kappa shape index (κ3) is 3.60. The number of benzene rings is 1. The van der Waals surface area contributed by atoms with Crippen molar-refractivity contribution in [3.05, 3.63) is 32.8 Å². The van der Waals surface area contributed by atoms with Gasteiger partial charge in [-0.25, -0.2) is 4.79 Å². The van der Waals surface area contributed by atoms with Crippen molar-refractivity contribution in [1.82, 2.24) is 0 Å². The number of hydrogen-bond acceptors (Lipinski definition) is 5. The highest BCUT2D eigenvalue weighted by molar-refractivity contribution is 6.34. The molecule has 0 aliphatic heterocycles. The highest BCUT2D eigenvalue weighted by atomic mass is 35.5. The Bertz CT molecular complexity index is 433. The molecular weight excluding hydrogens is 250 g/mol. The molecule has 0 aliphatic rings. The van der Waals surface area contributed by atoms with Gasteiger partial charge in [-0.2, -0.15) is 0 Å². The number of esters is 1. The van der Waals surface area contributed by atoms with E-state index in [1.165, 1.54) is 0 Å². The molecule has 1 rings (SSSR count). The van der Waals surface area contributed by atoms with Crippen molar-refractivity contribution in [3.8, 4) is 5.75 Å². The Morgan fingerprint density at radius 1 is 1.47 bits per heavy atom. The van der Waals surface area contributed by atoms with Crippen LogP contribution in [0, 0.1) is 10.1 Å².